The topological polar surface area (TPSA) is 108 Å². The van der Waals surface area contributed by atoms with Gasteiger partial charge in [0.2, 0.25) is 0 Å². The van der Waals surface area contributed by atoms with Gasteiger partial charge in [-0.05, 0) is 83.5 Å². The third-order valence-corrected chi connectivity index (χ3v) is 12.4. The molecule has 0 aliphatic rings. The van der Waals surface area contributed by atoms with Gasteiger partial charge in [0, 0.05) is 12.8 Å². The second-order valence-electron chi connectivity index (χ2n) is 20.6. The third kappa shape index (κ3) is 54.2. The summed E-state index contributed by atoms with van der Waals surface area (Å²) in [5.41, 5.74) is 0. The Morgan fingerprint density at radius 3 is 1.18 bits per heavy atom. The Bertz CT molecular complexity index is 1450. The van der Waals surface area contributed by atoms with Gasteiger partial charge in [0.05, 0.1) is 34.4 Å². The number of quaternary nitrogens is 1. The number of ether oxygens (including phenoxy) is 4. The monoisotopic (exact) mass is 1010 g/mol. The highest BCUT2D eigenvalue weighted by Gasteiger charge is 2.25. The number of carbonyl (C=O) groups excluding carboxylic acids is 2. The van der Waals surface area contributed by atoms with E-state index in [-0.39, 0.29) is 38.6 Å². The van der Waals surface area contributed by atoms with E-state index in [1.165, 1.54) is 109 Å². The molecule has 2 atom stereocenters. The lowest BCUT2D eigenvalue weighted by Gasteiger charge is -2.25. The Morgan fingerprint density at radius 1 is 0.431 bits per heavy atom. The van der Waals surface area contributed by atoms with E-state index in [1.54, 1.807) is 0 Å². The molecule has 0 aromatic carbocycles. The molecule has 1 N–H and O–H groups in total. The maximum absolute atomic E-state index is 12.9. The highest BCUT2D eigenvalue weighted by Crippen LogP contribution is 2.16. The van der Waals surface area contributed by atoms with E-state index in [0.717, 1.165) is 103 Å². The predicted molar refractivity (Wildman–Crippen MR) is 304 cm³/mol. The van der Waals surface area contributed by atoms with Gasteiger partial charge < -0.3 is 28.5 Å². The number of carboxylic acid groups (broad SMARTS) is 1. The standard InChI is InChI=1S/C63H109NO8/c1-6-8-10-12-14-16-18-20-22-23-24-25-26-27-28-29-30-31-32-33-34-35-36-37-38-39-40-42-44-46-48-50-52-54-61(66)72-59(58-71-63(62(67)68)69-56-55-64(3,4)5)57-70-60(65)53-51-49-47-45-43-41-21-19-17-15-13-11-9-7-2/h8,10,13-16,19-22,24-25,27-28,59,63H,6-7,9,11-12,17-18,23,26,29-58H2,1-5H3/p+1/b10-8-,15-13-,16-14-,21-19-,22-20-,25-24-,28-27-. The van der Waals surface area contributed by atoms with Gasteiger partial charge in [-0.3, -0.25) is 9.59 Å². The maximum atomic E-state index is 12.9. The molecule has 0 bridgehead atoms. The maximum Gasteiger partial charge on any atom is 0.361 e. The normalized spacial score (nSPS) is 13.4. The first-order chi connectivity index (χ1) is 35.1. The van der Waals surface area contributed by atoms with Crippen molar-refractivity contribution in [2.75, 3.05) is 47.5 Å². The van der Waals surface area contributed by atoms with Crippen molar-refractivity contribution in [3.05, 3.63) is 85.1 Å². The van der Waals surface area contributed by atoms with Gasteiger partial charge in [-0.15, -0.1) is 0 Å². The lowest BCUT2D eigenvalue weighted by Crippen LogP contribution is -2.40. The fraction of sp³-hybridized carbons (Fsp3) is 0.730. The second kappa shape index (κ2) is 53.8. The van der Waals surface area contributed by atoms with Crippen LogP contribution in [0.3, 0.4) is 0 Å². The van der Waals surface area contributed by atoms with Crippen LogP contribution in [0.4, 0.5) is 0 Å². The molecule has 0 aliphatic carbocycles. The lowest BCUT2D eigenvalue weighted by atomic mass is 10.0. The molecule has 9 heteroatoms. The Kier molecular flexibility index (Phi) is 51.1. The number of hydrogen-bond acceptors (Lipinski definition) is 7. The summed E-state index contributed by atoms with van der Waals surface area (Å²) in [6, 6.07) is 0. The minimum atomic E-state index is -1.51. The number of nitrogens with zero attached hydrogens (tertiary/aromatic N) is 1. The molecule has 0 aromatic rings. The highest BCUT2D eigenvalue weighted by atomic mass is 16.7. The molecule has 72 heavy (non-hydrogen) atoms. The average Bonchev–Trinajstić information content (AvgIpc) is 3.35. The molecule has 0 aliphatic heterocycles. The highest BCUT2D eigenvalue weighted by molar-refractivity contribution is 5.71. The van der Waals surface area contributed by atoms with E-state index in [4.69, 9.17) is 18.9 Å². The summed E-state index contributed by atoms with van der Waals surface area (Å²) in [5.74, 6) is -2.02. The summed E-state index contributed by atoms with van der Waals surface area (Å²) in [5, 5.41) is 9.69. The Labute approximate surface area is 442 Å². The quantitative estimate of drug-likeness (QED) is 0.0211. The van der Waals surface area contributed by atoms with Gasteiger partial charge in [-0.1, -0.05) is 227 Å². The zero-order valence-corrected chi connectivity index (χ0v) is 47.1. The molecule has 0 spiro atoms. The van der Waals surface area contributed by atoms with Crippen LogP contribution in [0.25, 0.3) is 0 Å². The average molecular weight is 1010 g/mol. The van der Waals surface area contributed by atoms with Crippen LogP contribution < -0.4 is 0 Å². The largest absolute Gasteiger partial charge is 0.477 e. The number of rotatable bonds is 53. The van der Waals surface area contributed by atoms with Crippen LogP contribution in [0.5, 0.6) is 0 Å². The molecule has 0 saturated carbocycles. The number of carbonyl (C=O) groups is 3. The summed E-state index contributed by atoms with van der Waals surface area (Å²) in [7, 11) is 5.96. The number of unbranched alkanes of at least 4 members (excludes halogenated alkanes) is 24. The van der Waals surface area contributed by atoms with E-state index >= 15 is 0 Å². The van der Waals surface area contributed by atoms with Crippen LogP contribution in [-0.4, -0.2) is 87.4 Å². The second-order valence-corrected chi connectivity index (χ2v) is 20.6. The minimum absolute atomic E-state index is 0.183. The summed E-state index contributed by atoms with van der Waals surface area (Å²) in [6.07, 6.45) is 68.1. The number of aliphatic carboxylic acids is 1. The zero-order chi connectivity index (χ0) is 52.7. The van der Waals surface area contributed by atoms with Crippen molar-refractivity contribution in [2.24, 2.45) is 0 Å². The van der Waals surface area contributed by atoms with Crippen molar-refractivity contribution in [1.29, 1.82) is 0 Å². The van der Waals surface area contributed by atoms with Crippen molar-refractivity contribution in [1.82, 2.24) is 0 Å². The van der Waals surface area contributed by atoms with Crippen molar-refractivity contribution in [2.45, 2.75) is 251 Å². The van der Waals surface area contributed by atoms with Gasteiger partial charge in [-0.25, -0.2) is 4.79 Å². The molecule has 0 heterocycles. The molecule has 0 radical (unpaired) electrons. The third-order valence-electron chi connectivity index (χ3n) is 12.4. The van der Waals surface area contributed by atoms with Crippen molar-refractivity contribution >= 4 is 17.9 Å². The van der Waals surface area contributed by atoms with Crippen molar-refractivity contribution in [3.63, 3.8) is 0 Å². The van der Waals surface area contributed by atoms with Gasteiger partial charge in [0.15, 0.2) is 6.10 Å². The summed E-state index contributed by atoms with van der Waals surface area (Å²) >= 11 is 0. The SMILES string of the molecule is CC/C=C\C/C=C\C/C=C\C/C=C\C/C=C\CCCCCCCCCCCCCCCCCCCC(=O)OC(COC(=O)CCCCCCC/C=C\C/C=C\CCCC)COC(OCC[N+](C)(C)C)C(=O)O. The van der Waals surface area contributed by atoms with Crippen LogP contribution in [0.2, 0.25) is 0 Å². The van der Waals surface area contributed by atoms with Crippen LogP contribution in [0.1, 0.15) is 239 Å². The van der Waals surface area contributed by atoms with Gasteiger partial charge in [0.1, 0.15) is 13.2 Å². The number of allylic oxidation sites excluding steroid dienone is 14. The smallest absolute Gasteiger partial charge is 0.361 e. The van der Waals surface area contributed by atoms with Gasteiger partial charge in [0.25, 0.3) is 6.29 Å². The molecular weight excluding hydrogens is 899 g/mol. The van der Waals surface area contributed by atoms with E-state index in [1.807, 2.05) is 21.1 Å². The number of hydrogen-bond donors (Lipinski definition) is 1. The van der Waals surface area contributed by atoms with E-state index < -0.39 is 24.3 Å². The number of carboxylic acids is 1. The van der Waals surface area contributed by atoms with Crippen LogP contribution in [0.15, 0.2) is 85.1 Å². The molecule has 0 amide bonds. The molecule has 2 unspecified atom stereocenters. The molecular formula is C63H110NO8+. The Hall–Kier alpha value is -3.53. The van der Waals surface area contributed by atoms with Crippen LogP contribution in [0, 0.1) is 0 Å². The fourth-order valence-corrected chi connectivity index (χ4v) is 7.88. The minimum Gasteiger partial charge on any atom is -0.477 e. The van der Waals surface area contributed by atoms with Crippen LogP contribution in [-0.2, 0) is 33.3 Å². The van der Waals surface area contributed by atoms with Crippen LogP contribution >= 0.6 is 0 Å². The zero-order valence-electron chi connectivity index (χ0n) is 47.1. The van der Waals surface area contributed by atoms with Crippen molar-refractivity contribution in [3.8, 4) is 0 Å². The predicted octanol–water partition coefficient (Wildman–Crippen LogP) is 17.2. The van der Waals surface area contributed by atoms with Gasteiger partial charge >= 0.3 is 17.9 Å². The first kappa shape index (κ1) is 68.5. The summed E-state index contributed by atoms with van der Waals surface area (Å²) < 4.78 is 22.8. The van der Waals surface area contributed by atoms with E-state index in [9.17, 15) is 19.5 Å². The Morgan fingerprint density at radius 2 is 0.792 bits per heavy atom. The molecule has 0 aromatic heterocycles. The van der Waals surface area contributed by atoms with Gasteiger partial charge in [-0.2, -0.15) is 0 Å². The molecule has 0 fully saturated rings. The summed E-state index contributed by atoms with van der Waals surface area (Å²) in [4.78, 5) is 37.3. The van der Waals surface area contributed by atoms with E-state index in [2.05, 4.69) is 98.9 Å². The molecule has 0 rings (SSSR count). The van der Waals surface area contributed by atoms with Crippen molar-refractivity contribution < 1.29 is 42.9 Å². The fourth-order valence-electron chi connectivity index (χ4n) is 7.88. The summed E-state index contributed by atoms with van der Waals surface area (Å²) in [6.45, 7) is 4.71. The lowest BCUT2D eigenvalue weighted by molar-refractivity contribution is -0.870. The number of likely N-dealkylation sites (N-methyl/N-ethyl adjacent to an activating group) is 1. The molecule has 9 nitrogen and oxygen atoms in total. The Balaban J connectivity index is 4.12. The number of esters is 2. The first-order valence-electron chi connectivity index (χ1n) is 29.3. The first-order valence-corrected chi connectivity index (χ1v) is 29.3. The van der Waals surface area contributed by atoms with E-state index in [0.29, 0.717) is 11.0 Å². The molecule has 0 saturated heterocycles. The molecule has 414 valence electrons.